The summed E-state index contributed by atoms with van der Waals surface area (Å²) in [5, 5.41) is 13.4. The number of nitrogens with zero attached hydrogens (tertiary/aromatic N) is 3. The van der Waals surface area contributed by atoms with Gasteiger partial charge in [-0.1, -0.05) is 24.3 Å². The van der Waals surface area contributed by atoms with Gasteiger partial charge in [0, 0.05) is 63.4 Å². The van der Waals surface area contributed by atoms with E-state index in [0.717, 1.165) is 19.6 Å². The maximum atomic E-state index is 12.4. The number of piperazine rings is 1. The maximum Gasteiger partial charge on any atom is 0.269 e. The Morgan fingerprint density at radius 2 is 1.70 bits per heavy atom. The zero-order valence-corrected chi connectivity index (χ0v) is 17.0. The molecule has 8 nitrogen and oxygen atoms in total. The van der Waals surface area contributed by atoms with E-state index in [0.29, 0.717) is 18.7 Å². The summed E-state index contributed by atoms with van der Waals surface area (Å²) in [6, 6.07) is 13.7. The molecule has 1 aliphatic rings. The van der Waals surface area contributed by atoms with Gasteiger partial charge in [0.1, 0.15) is 0 Å². The molecule has 0 saturated carbocycles. The summed E-state index contributed by atoms with van der Waals surface area (Å²) in [5.41, 5.74) is 2.85. The van der Waals surface area contributed by atoms with Crippen molar-refractivity contribution in [2.45, 2.75) is 19.9 Å². The van der Waals surface area contributed by atoms with Crippen LogP contribution in [-0.4, -0.2) is 59.3 Å². The van der Waals surface area contributed by atoms with Crippen LogP contribution in [0.4, 0.5) is 5.69 Å². The summed E-state index contributed by atoms with van der Waals surface area (Å²) in [5.74, 6) is -0.324. The van der Waals surface area contributed by atoms with Crippen molar-refractivity contribution < 1.29 is 14.5 Å². The minimum Gasteiger partial charge on any atom is -0.352 e. The highest BCUT2D eigenvalue weighted by atomic mass is 16.6. The third-order valence-corrected chi connectivity index (χ3v) is 5.34. The van der Waals surface area contributed by atoms with E-state index in [1.807, 2.05) is 17.0 Å². The summed E-state index contributed by atoms with van der Waals surface area (Å²) in [6.45, 7) is 6.25. The second kappa shape index (κ2) is 9.98. The van der Waals surface area contributed by atoms with Gasteiger partial charge in [0.2, 0.25) is 5.91 Å². The molecule has 30 heavy (non-hydrogen) atoms. The minimum atomic E-state index is -0.513. The van der Waals surface area contributed by atoms with Crippen LogP contribution in [0.15, 0.2) is 48.5 Å². The molecule has 1 N–H and O–H groups in total. The summed E-state index contributed by atoms with van der Waals surface area (Å²) in [4.78, 5) is 38.9. The second-order valence-electron chi connectivity index (χ2n) is 7.39. The second-order valence-corrected chi connectivity index (χ2v) is 7.39. The molecule has 2 aromatic carbocycles. The summed E-state index contributed by atoms with van der Waals surface area (Å²) < 4.78 is 0. The van der Waals surface area contributed by atoms with Crippen molar-refractivity contribution in [2.75, 3.05) is 32.7 Å². The summed E-state index contributed by atoms with van der Waals surface area (Å²) in [7, 11) is 0. The van der Waals surface area contributed by atoms with Gasteiger partial charge in [-0.05, 0) is 30.2 Å². The molecule has 0 unspecified atom stereocenters. The van der Waals surface area contributed by atoms with Gasteiger partial charge in [0.15, 0.2) is 0 Å². The average molecular weight is 410 g/mol. The third kappa shape index (κ3) is 5.64. The third-order valence-electron chi connectivity index (χ3n) is 5.34. The smallest absolute Gasteiger partial charge is 0.269 e. The lowest BCUT2D eigenvalue weighted by atomic mass is 10.1. The molecule has 0 aromatic heterocycles. The molecule has 3 rings (SSSR count). The number of rotatable bonds is 7. The highest BCUT2D eigenvalue weighted by Gasteiger charge is 2.21. The number of carbonyl (C=O) groups is 2. The molecule has 0 atom stereocenters. The Balaban J connectivity index is 1.39. The molecule has 2 amide bonds. The number of benzene rings is 2. The van der Waals surface area contributed by atoms with E-state index in [2.05, 4.69) is 29.3 Å². The highest BCUT2D eigenvalue weighted by Crippen LogP contribution is 2.13. The monoisotopic (exact) mass is 410 g/mol. The van der Waals surface area contributed by atoms with Crippen molar-refractivity contribution >= 4 is 17.5 Å². The van der Waals surface area contributed by atoms with Crippen LogP contribution in [0.25, 0.3) is 0 Å². The largest absolute Gasteiger partial charge is 0.352 e. The standard InChI is InChI=1S/C22H26N4O4/c1-17-4-2-3-5-19(17)16-24-12-14-25(15-13-24)21(27)10-11-23-22(28)18-6-8-20(9-7-18)26(29)30/h2-9H,10-16H2,1H3,(H,23,28). The number of nitrogens with one attached hydrogen (secondary N) is 1. The fraction of sp³-hybridized carbons (Fsp3) is 0.364. The number of hydrogen-bond donors (Lipinski definition) is 1. The van der Waals surface area contributed by atoms with E-state index in [4.69, 9.17) is 0 Å². The number of non-ortho nitro benzene ring substituents is 1. The van der Waals surface area contributed by atoms with E-state index < -0.39 is 4.92 Å². The maximum absolute atomic E-state index is 12.4. The van der Waals surface area contributed by atoms with Crippen LogP contribution in [0, 0.1) is 17.0 Å². The SMILES string of the molecule is Cc1ccccc1CN1CCN(C(=O)CCNC(=O)c2ccc([N+](=O)[O-])cc2)CC1. The normalized spacial score (nSPS) is 14.4. The van der Waals surface area contributed by atoms with E-state index in [1.54, 1.807) is 0 Å². The fourth-order valence-corrected chi connectivity index (χ4v) is 3.46. The van der Waals surface area contributed by atoms with E-state index in [-0.39, 0.29) is 30.5 Å². The van der Waals surface area contributed by atoms with Crippen LogP contribution in [0.5, 0.6) is 0 Å². The van der Waals surface area contributed by atoms with Gasteiger partial charge < -0.3 is 10.2 Å². The molecule has 8 heteroatoms. The number of hydrogen-bond acceptors (Lipinski definition) is 5. The Kier molecular flexibility index (Phi) is 7.13. The van der Waals surface area contributed by atoms with Crippen LogP contribution in [0.1, 0.15) is 27.9 Å². The molecule has 2 aromatic rings. The summed E-state index contributed by atoms with van der Waals surface area (Å²) in [6.07, 6.45) is 0.233. The Hall–Kier alpha value is -3.26. The zero-order chi connectivity index (χ0) is 21.5. The molecule has 0 bridgehead atoms. The number of nitro benzene ring substituents is 1. The van der Waals surface area contributed by atoms with E-state index >= 15 is 0 Å². The van der Waals surface area contributed by atoms with Crippen LogP contribution in [0.2, 0.25) is 0 Å². The predicted molar refractivity (Wildman–Crippen MR) is 113 cm³/mol. The number of amides is 2. The molecule has 0 radical (unpaired) electrons. The molecule has 0 spiro atoms. The first kappa shape index (κ1) is 21.4. The van der Waals surface area contributed by atoms with Gasteiger partial charge in [0.25, 0.3) is 11.6 Å². The Bertz CT molecular complexity index is 906. The van der Waals surface area contributed by atoms with Crippen LogP contribution in [-0.2, 0) is 11.3 Å². The first-order valence-electron chi connectivity index (χ1n) is 10.0. The Morgan fingerprint density at radius 1 is 1.03 bits per heavy atom. The van der Waals surface area contributed by atoms with Crippen molar-refractivity contribution in [2.24, 2.45) is 0 Å². The van der Waals surface area contributed by atoms with Crippen molar-refractivity contribution in [3.05, 3.63) is 75.3 Å². The molecule has 0 aliphatic carbocycles. The number of carbonyl (C=O) groups excluding carboxylic acids is 2. The number of nitro groups is 1. The Labute approximate surface area is 175 Å². The average Bonchev–Trinajstić information content (AvgIpc) is 2.75. The van der Waals surface area contributed by atoms with Gasteiger partial charge in [-0.3, -0.25) is 24.6 Å². The molecular formula is C22H26N4O4. The van der Waals surface area contributed by atoms with E-state index in [9.17, 15) is 19.7 Å². The molecule has 1 saturated heterocycles. The van der Waals surface area contributed by atoms with Gasteiger partial charge in [0.05, 0.1) is 4.92 Å². The van der Waals surface area contributed by atoms with Crippen LogP contribution >= 0.6 is 0 Å². The molecule has 1 fully saturated rings. The fourth-order valence-electron chi connectivity index (χ4n) is 3.46. The van der Waals surface area contributed by atoms with Gasteiger partial charge in [-0.25, -0.2) is 0 Å². The lowest BCUT2D eigenvalue weighted by molar-refractivity contribution is -0.384. The topological polar surface area (TPSA) is 95.8 Å². The van der Waals surface area contributed by atoms with Gasteiger partial charge in [-0.15, -0.1) is 0 Å². The van der Waals surface area contributed by atoms with Crippen molar-refractivity contribution in [1.29, 1.82) is 0 Å². The molecule has 1 heterocycles. The van der Waals surface area contributed by atoms with E-state index in [1.165, 1.54) is 35.4 Å². The highest BCUT2D eigenvalue weighted by molar-refractivity contribution is 5.94. The van der Waals surface area contributed by atoms with Crippen molar-refractivity contribution in [1.82, 2.24) is 15.1 Å². The first-order chi connectivity index (χ1) is 14.4. The van der Waals surface area contributed by atoms with Crippen molar-refractivity contribution in [3.8, 4) is 0 Å². The molecule has 158 valence electrons. The molecule has 1 aliphatic heterocycles. The van der Waals surface area contributed by atoms with Gasteiger partial charge in [-0.2, -0.15) is 0 Å². The number of aryl methyl sites for hydroxylation is 1. The zero-order valence-electron chi connectivity index (χ0n) is 17.0. The lowest BCUT2D eigenvalue weighted by Crippen LogP contribution is -2.48. The summed E-state index contributed by atoms with van der Waals surface area (Å²) >= 11 is 0. The Morgan fingerprint density at radius 3 is 2.33 bits per heavy atom. The first-order valence-corrected chi connectivity index (χ1v) is 10.0. The minimum absolute atomic E-state index is 0.0227. The quantitative estimate of drug-likeness (QED) is 0.558. The van der Waals surface area contributed by atoms with Crippen molar-refractivity contribution in [3.63, 3.8) is 0 Å². The molecular weight excluding hydrogens is 384 g/mol. The predicted octanol–water partition coefficient (Wildman–Crippen LogP) is 2.37. The van der Waals surface area contributed by atoms with Crippen LogP contribution in [0.3, 0.4) is 0 Å². The lowest BCUT2D eigenvalue weighted by Gasteiger charge is -2.35. The van der Waals surface area contributed by atoms with Crippen LogP contribution < -0.4 is 5.32 Å². The van der Waals surface area contributed by atoms with Gasteiger partial charge >= 0.3 is 0 Å².